The van der Waals surface area contributed by atoms with Crippen LogP contribution in [0.1, 0.15) is 43.9 Å². The molecule has 0 unspecified atom stereocenters. The Hall–Kier alpha value is -3.53. The van der Waals surface area contributed by atoms with Crippen molar-refractivity contribution in [2.75, 3.05) is 0 Å². The standard InChI is InChI=1S/C28H28FNO2/c1-28(2,3)32-27(31)25(20-12-18-21-13-10-11-19-24(21)29)30-26(22-14-6-4-7-15-22)23-16-8-5-9-17-23/h4-19,25H,20H2,1-3H3/b18-12+/t25-/m0/s1. The maximum absolute atomic E-state index is 14.0. The predicted octanol–water partition coefficient (Wildman–Crippen LogP) is 6.48. The van der Waals surface area contributed by atoms with Crippen molar-refractivity contribution in [1.29, 1.82) is 0 Å². The molecule has 3 aromatic rings. The van der Waals surface area contributed by atoms with Crippen LogP contribution in [0.3, 0.4) is 0 Å². The first-order valence-corrected chi connectivity index (χ1v) is 10.7. The van der Waals surface area contributed by atoms with Crippen LogP contribution in [0.25, 0.3) is 6.08 Å². The van der Waals surface area contributed by atoms with E-state index >= 15 is 0 Å². The number of hydrogen-bond acceptors (Lipinski definition) is 3. The van der Waals surface area contributed by atoms with E-state index in [0.29, 0.717) is 11.3 Å². The summed E-state index contributed by atoms with van der Waals surface area (Å²) in [4.78, 5) is 17.9. The lowest BCUT2D eigenvalue weighted by atomic mass is 10.0. The van der Waals surface area contributed by atoms with Crippen LogP contribution in [-0.4, -0.2) is 23.3 Å². The Kier molecular flexibility index (Phi) is 7.72. The van der Waals surface area contributed by atoms with Crippen LogP contribution in [0, 0.1) is 5.82 Å². The molecular formula is C28H28FNO2. The molecule has 0 aliphatic carbocycles. The van der Waals surface area contributed by atoms with Crippen molar-refractivity contribution in [3.63, 3.8) is 0 Å². The average Bonchev–Trinajstić information content (AvgIpc) is 2.77. The summed E-state index contributed by atoms with van der Waals surface area (Å²) in [5, 5.41) is 0. The molecule has 0 N–H and O–H groups in total. The Morgan fingerprint density at radius 2 is 1.44 bits per heavy atom. The second kappa shape index (κ2) is 10.7. The molecule has 164 valence electrons. The Morgan fingerprint density at radius 3 is 1.97 bits per heavy atom. The lowest BCUT2D eigenvalue weighted by Gasteiger charge is -2.22. The molecule has 3 nitrogen and oxygen atoms in total. The van der Waals surface area contributed by atoms with Crippen molar-refractivity contribution in [3.05, 3.63) is 114 Å². The molecule has 4 heteroatoms. The summed E-state index contributed by atoms with van der Waals surface area (Å²) in [7, 11) is 0. The smallest absolute Gasteiger partial charge is 0.331 e. The molecule has 0 radical (unpaired) electrons. The largest absolute Gasteiger partial charge is 0.458 e. The van der Waals surface area contributed by atoms with E-state index in [1.54, 1.807) is 30.4 Å². The molecule has 0 saturated heterocycles. The molecular weight excluding hydrogens is 401 g/mol. The lowest BCUT2D eigenvalue weighted by molar-refractivity contribution is -0.156. The number of rotatable bonds is 7. The van der Waals surface area contributed by atoms with Gasteiger partial charge >= 0.3 is 5.97 Å². The third-order valence-electron chi connectivity index (χ3n) is 4.62. The zero-order valence-corrected chi connectivity index (χ0v) is 18.7. The molecule has 0 aliphatic rings. The topological polar surface area (TPSA) is 38.7 Å². The second-order valence-electron chi connectivity index (χ2n) is 8.42. The highest BCUT2D eigenvalue weighted by molar-refractivity contribution is 6.13. The van der Waals surface area contributed by atoms with Crippen molar-refractivity contribution < 1.29 is 13.9 Å². The molecule has 1 atom stereocenters. The van der Waals surface area contributed by atoms with Crippen molar-refractivity contribution in [2.24, 2.45) is 4.99 Å². The summed E-state index contributed by atoms with van der Waals surface area (Å²) in [6, 6.07) is 25.2. The predicted molar refractivity (Wildman–Crippen MR) is 128 cm³/mol. The highest BCUT2D eigenvalue weighted by Gasteiger charge is 2.25. The quantitative estimate of drug-likeness (QED) is 0.319. The Balaban J connectivity index is 1.98. The van der Waals surface area contributed by atoms with Crippen LogP contribution < -0.4 is 0 Å². The van der Waals surface area contributed by atoms with Crippen LogP contribution in [0.15, 0.2) is 96.0 Å². The maximum atomic E-state index is 14.0. The van der Waals surface area contributed by atoms with Crippen molar-refractivity contribution in [1.82, 2.24) is 0 Å². The van der Waals surface area contributed by atoms with Gasteiger partial charge in [0.2, 0.25) is 0 Å². The van der Waals surface area contributed by atoms with E-state index < -0.39 is 17.6 Å². The second-order valence-corrected chi connectivity index (χ2v) is 8.42. The van der Waals surface area contributed by atoms with E-state index in [1.165, 1.54) is 6.07 Å². The summed E-state index contributed by atoms with van der Waals surface area (Å²) in [6.45, 7) is 5.49. The van der Waals surface area contributed by atoms with Crippen LogP contribution in [-0.2, 0) is 9.53 Å². The SMILES string of the molecule is CC(C)(C)OC(=O)[C@H](C/C=C/c1ccccc1F)N=C(c1ccccc1)c1ccccc1. The first-order valence-electron chi connectivity index (χ1n) is 10.7. The molecule has 0 heterocycles. The number of esters is 1. The van der Waals surface area contributed by atoms with Gasteiger partial charge in [-0.2, -0.15) is 0 Å². The van der Waals surface area contributed by atoms with Gasteiger partial charge in [0.1, 0.15) is 11.4 Å². The number of nitrogens with zero attached hydrogens (tertiary/aromatic N) is 1. The average molecular weight is 430 g/mol. The lowest BCUT2D eigenvalue weighted by Crippen LogP contribution is -2.31. The van der Waals surface area contributed by atoms with Crippen molar-refractivity contribution in [2.45, 2.75) is 38.8 Å². The monoisotopic (exact) mass is 429 g/mol. The van der Waals surface area contributed by atoms with Gasteiger partial charge in [0.05, 0.1) is 5.71 Å². The fourth-order valence-electron chi connectivity index (χ4n) is 3.17. The van der Waals surface area contributed by atoms with Crippen molar-refractivity contribution >= 4 is 17.8 Å². The summed E-state index contributed by atoms with van der Waals surface area (Å²) < 4.78 is 19.6. The number of ether oxygens (including phenoxy) is 1. The Morgan fingerprint density at radius 1 is 0.906 bits per heavy atom. The van der Waals surface area contributed by atoms with E-state index in [1.807, 2.05) is 81.4 Å². The Bertz CT molecular complexity index is 1040. The minimum absolute atomic E-state index is 0.284. The third-order valence-corrected chi connectivity index (χ3v) is 4.62. The normalized spacial score (nSPS) is 12.4. The molecule has 0 aromatic heterocycles. The zero-order valence-electron chi connectivity index (χ0n) is 18.7. The first kappa shape index (κ1) is 23.1. The van der Waals surface area contributed by atoms with Gasteiger partial charge in [-0.25, -0.2) is 9.18 Å². The van der Waals surface area contributed by atoms with Crippen molar-refractivity contribution in [3.8, 4) is 0 Å². The fraction of sp³-hybridized carbons (Fsp3) is 0.214. The summed E-state index contributed by atoms with van der Waals surface area (Å²) >= 11 is 0. The van der Waals surface area contributed by atoms with E-state index in [0.717, 1.165) is 11.1 Å². The Labute approximate surface area is 189 Å². The van der Waals surface area contributed by atoms with Gasteiger partial charge in [-0.1, -0.05) is 91.0 Å². The van der Waals surface area contributed by atoms with Crippen LogP contribution in [0.2, 0.25) is 0 Å². The van der Waals surface area contributed by atoms with Gasteiger partial charge < -0.3 is 4.74 Å². The van der Waals surface area contributed by atoms with Gasteiger partial charge in [0.25, 0.3) is 0 Å². The number of carbonyl (C=O) groups is 1. The maximum Gasteiger partial charge on any atom is 0.331 e. The fourth-order valence-corrected chi connectivity index (χ4v) is 3.17. The number of hydrogen-bond donors (Lipinski definition) is 0. The van der Waals surface area contributed by atoms with Gasteiger partial charge in [-0.3, -0.25) is 4.99 Å². The molecule has 0 amide bonds. The highest BCUT2D eigenvalue weighted by atomic mass is 19.1. The summed E-state index contributed by atoms with van der Waals surface area (Å²) in [6.07, 6.45) is 3.73. The molecule has 0 saturated carbocycles. The summed E-state index contributed by atoms with van der Waals surface area (Å²) in [5.74, 6) is -0.727. The van der Waals surface area contributed by atoms with Gasteiger partial charge in [-0.15, -0.1) is 0 Å². The molecule has 3 rings (SSSR count). The molecule has 3 aromatic carbocycles. The van der Waals surface area contributed by atoms with Gasteiger partial charge in [0, 0.05) is 16.7 Å². The number of carbonyl (C=O) groups excluding carboxylic acids is 1. The molecule has 0 aliphatic heterocycles. The molecule has 0 bridgehead atoms. The third kappa shape index (κ3) is 6.74. The van der Waals surface area contributed by atoms with Crippen LogP contribution in [0.4, 0.5) is 4.39 Å². The highest BCUT2D eigenvalue weighted by Crippen LogP contribution is 2.18. The van der Waals surface area contributed by atoms with E-state index in [9.17, 15) is 9.18 Å². The van der Waals surface area contributed by atoms with Crippen LogP contribution >= 0.6 is 0 Å². The summed E-state index contributed by atoms with van der Waals surface area (Å²) in [5.41, 5.74) is 2.35. The van der Waals surface area contributed by atoms with Gasteiger partial charge in [-0.05, 0) is 33.3 Å². The van der Waals surface area contributed by atoms with E-state index in [-0.39, 0.29) is 12.2 Å². The zero-order chi connectivity index (χ0) is 23.0. The number of aliphatic imine (C=N–C) groups is 1. The molecule has 0 spiro atoms. The van der Waals surface area contributed by atoms with E-state index in [2.05, 4.69) is 0 Å². The molecule has 32 heavy (non-hydrogen) atoms. The first-order chi connectivity index (χ1) is 15.3. The minimum Gasteiger partial charge on any atom is -0.458 e. The molecule has 0 fully saturated rings. The van der Waals surface area contributed by atoms with Gasteiger partial charge in [0.15, 0.2) is 6.04 Å². The minimum atomic E-state index is -0.771. The number of halogens is 1. The number of benzene rings is 3. The van der Waals surface area contributed by atoms with E-state index in [4.69, 9.17) is 9.73 Å². The van der Waals surface area contributed by atoms with Crippen LogP contribution in [0.5, 0.6) is 0 Å².